The minimum atomic E-state index is -3.73. The first-order chi connectivity index (χ1) is 15.1. The zero-order valence-corrected chi connectivity index (χ0v) is 17.6. The Hall–Kier alpha value is -3.57. The molecule has 0 aliphatic rings. The van der Waals surface area contributed by atoms with Gasteiger partial charge in [0.25, 0.3) is 0 Å². The van der Waals surface area contributed by atoms with Gasteiger partial charge in [0, 0.05) is 19.2 Å². The summed E-state index contributed by atoms with van der Waals surface area (Å²) >= 11 is 0. The number of hydrogen-bond donors (Lipinski definition) is 2. The van der Waals surface area contributed by atoms with Crippen LogP contribution < -0.4 is 14.8 Å². The van der Waals surface area contributed by atoms with Gasteiger partial charge in [-0.2, -0.15) is 4.52 Å². The van der Waals surface area contributed by atoms with Crippen molar-refractivity contribution in [3.63, 3.8) is 0 Å². The number of para-hydroxylation sites is 1. The molecule has 11 heteroatoms. The molecular weight excluding hydrogens is 418 g/mol. The number of nitrogens with zero attached hydrogens (tertiary/aromatic N) is 5. The predicted octanol–water partition coefficient (Wildman–Crippen LogP) is 1.66. The highest BCUT2D eigenvalue weighted by Crippen LogP contribution is 2.22. The van der Waals surface area contributed by atoms with Crippen LogP contribution in [0, 0.1) is 0 Å². The van der Waals surface area contributed by atoms with Crippen LogP contribution in [-0.4, -0.2) is 46.9 Å². The third kappa shape index (κ3) is 4.78. The average Bonchev–Trinajstić information content (AvgIpc) is 3.20. The first kappa shape index (κ1) is 20.7. The van der Waals surface area contributed by atoms with Crippen LogP contribution in [0.5, 0.6) is 5.75 Å². The molecule has 0 saturated carbocycles. The Balaban J connectivity index is 1.44. The number of aromatic nitrogens is 5. The number of sulfonamides is 1. The fourth-order valence-electron chi connectivity index (χ4n) is 2.98. The van der Waals surface area contributed by atoms with Crippen LogP contribution in [0.4, 0.5) is 5.82 Å². The highest BCUT2D eigenvalue weighted by Gasteiger charge is 2.19. The highest BCUT2D eigenvalue weighted by atomic mass is 32.2. The van der Waals surface area contributed by atoms with E-state index in [2.05, 4.69) is 30.3 Å². The molecule has 0 spiro atoms. The maximum Gasteiger partial charge on any atom is 0.244 e. The van der Waals surface area contributed by atoms with Gasteiger partial charge in [0.05, 0.1) is 19.3 Å². The molecule has 0 aliphatic heterocycles. The number of methoxy groups -OCH3 is 1. The second-order valence-electron chi connectivity index (χ2n) is 6.58. The van der Waals surface area contributed by atoms with Crippen molar-refractivity contribution in [2.75, 3.05) is 19.0 Å². The Morgan fingerprint density at radius 3 is 2.68 bits per heavy atom. The van der Waals surface area contributed by atoms with E-state index in [-0.39, 0.29) is 17.2 Å². The highest BCUT2D eigenvalue weighted by molar-refractivity contribution is 7.89. The fraction of sp³-hybridized carbons (Fsp3) is 0.200. The van der Waals surface area contributed by atoms with Gasteiger partial charge in [-0.15, -0.1) is 15.3 Å². The second-order valence-corrected chi connectivity index (χ2v) is 8.31. The Morgan fingerprint density at radius 1 is 1.03 bits per heavy atom. The molecule has 3 aromatic heterocycles. The van der Waals surface area contributed by atoms with Crippen LogP contribution in [0.25, 0.3) is 5.65 Å². The van der Waals surface area contributed by atoms with Crippen molar-refractivity contribution in [3.8, 4) is 5.75 Å². The standard InChI is InChI=1S/C20H21N7O3S/c1-30-16-7-2-3-8-17(16)31(28,29)23-13-11-20-25-24-19-10-9-18(26-27(19)20)22-14-15-6-4-5-12-21-15/h2-10,12,23H,11,13-14H2,1H3,(H,22,26). The lowest BCUT2D eigenvalue weighted by Gasteiger charge is -2.10. The van der Waals surface area contributed by atoms with Crippen LogP contribution in [-0.2, 0) is 23.0 Å². The lowest BCUT2D eigenvalue weighted by atomic mass is 10.3. The van der Waals surface area contributed by atoms with E-state index in [9.17, 15) is 8.42 Å². The molecule has 1 aromatic carbocycles. The molecule has 4 aromatic rings. The number of rotatable bonds is 9. The van der Waals surface area contributed by atoms with Gasteiger partial charge >= 0.3 is 0 Å². The van der Waals surface area contributed by atoms with E-state index in [1.165, 1.54) is 13.2 Å². The largest absolute Gasteiger partial charge is 0.495 e. The number of benzene rings is 1. The van der Waals surface area contributed by atoms with Crippen molar-refractivity contribution in [2.24, 2.45) is 0 Å². The third-order valence-electron chi connectivity index (χ3n) is 4.50. The molecule has 0 aliphatic carbocycles. The summed E-state index contributed by atoms with van der Waals surface area (Å²) < 4.78 is 34.5. The summed E-state index contributed by atoms with van der Waals surface area (Å²) in [5.41, 5.74) is 1.46. The lowest BCUT2D eigenvalue weighted by Crippen LogP contribution is -2.27. The van der Waals surface area contributed by atoms with Gasteiger partial charge in [-0.1, -0.05) is 18.2 Å². The van der Waals surface area contributed by atoms with Crippen LogP contribution in [0.15, 0.2) is 65.7 Å². The van der Waals surface area contributed by atoms with Gasteiger partial charge in [-0.05, 0) is 36.4 Å². The Morgan fingerprint density at radius 2 is 1.87 bits per heavy atom. The molecule has 0 amide bonds. The Labute approximate surface area is 179 Å². The molecule has 31 heavy (non-hydrogen) atoms. The summed E-state index contributed by atoms with van der Waals surface area (Å²) in [6, 6.07) is 15.8. The zero-order valence-electron chi connectivity index (χ0n) is 16.8. The number of fused-ring (bicyclic) bond motifs is 1. The summed E-state index contributed by atoms with van der Waals surface area (Å²) in [7, 11) is -2.30. The topological polar surface area (TPSA) is 123 Å². The van der Waals surface area contributed by atoms with E-state index in [1.807, 2.05) is 18.2 Å². The number of pyridine rings is 1. The third-order valence-corrected chi connectivity index (χ3v) is 6.00. The first-order valence-electron chi connectivity index (χ1n) is 9.54. The molecule has 3 heterocycles. The van der Waals surface area contributed by atoms with Gasteiger partial charge in [0.2, 0.25) is 10.0 Å². The predicted molar refractivity (Wildman–Crippen MR) is 114 cm³/mol. The maximum absolute atomic E-state index is 12.6. The minimum absolute atomic E-state index is 0.0859. The molecule has 4 rings (SSSR count). The van der Waals surface area contributed by atoms with Crippen molar-refractivity contribution in [1.82, 2.24) is 29.5 Å². The number of anilines is 1. The molecule has 0 atom stereocenters. The van der Waals surface area contributed by atoms with Crippen LogP contribution in [0.3, 0.4) is 0 Å². The van der Waals surface area contributed by atoms with Gasteiger partial charge in [-0.3, -0.25) is 4.98 Å². The van der Waals surface area contributed by atoms with Crippen molar-refractivity contribution in [2.45, 2.75) is 17.9 Å². The maximum atomic E-state index is 12.6. The quantitative estimate of drug-likeness (QED) is 0.404. The minimum Gasteiger partial charge on any atom is -0.495 e. The van der Waals surface area contributed by atoms with E-state index in [1.54, 1.807) is 41.0 Å². The van der Waals surface area contributed by atoms with Crippen molar-refractivity contribution >= 4 is 21.5 Å². The van der Waals surface area contributed by atoms with E-state index in [0.717, 1.165) is 5.69 Å². The normalized spacial score (nSPS) is 11.5. The Kier molecular flexibility index (Phi) is 6.05. The number of hydrogen-bond acceptors (Lipinski definition) is 8. The first-order valence-corrected chi connectivity index (χ1v) is 11.0. The lowest BCUT2D eigenvalue weighted by molar-refractivity contribution is 0.402. The van der Waals surface area contributed by atoms with Gasteiger partial charge < -0.3 is 10.1 Å². The van der Waals surface area contributed by atoms with E-state index < -0.39 is 10.0 Å². The zero-order chi connectivity index (χ0) is 21.7. The van der Waals surface area contributed by atoms with Crippen LogP contribution in [0.2, 0.25) is 0 Å². The average molecular weight is 440 g/mol. The Bertz CT molecular complexity index is 1280. The SMILES string of the molecule is COc1ccccc1S(=O)(=O)NCCc1nnc2ccc(NCc3ccccn3)nn12. The molecule has 0 bridgehead atoms. The fourth-order valence-corrected chi connectivity index (χ4v) is 4.18. The summed E-state index contributed by atoms with van der Waals surface area (Å²) in [5.74, 6) is 1.46. The van der Waals surface area contributed by atoms with Crippen LogP contribution >= 0.6 is 0 Å². The van der Waals surface area contributed by atoms with E-state index in [0.29, 0.717) is 30.3 Å². The monoisotopic (exact) mass is 439 g/mol. The summed E-state index contributed by atoms with van der Waals surface area (Å²) in [6.07, 6.45) is 2.05. The number of nitrogens with one attached hydrogen (secondary N) is 2. The van der Waals surface area contributed by atoms with E-state index in [4.69, 9.17) is 4.74 Å². The molecule has 0 fully saturated rings. The molecule has 0 saturated heterocycles. The summed E-state index contributed by atoms with van der Waals surface area (Å²) in [4.78, 5) is 4.35. The molecular formula is C20H21N7O3S. The van der Waals surface area contributed by atoms with Gasteiger partial charge in [-0.25, -0.2) is 13.1 Å². The molecule has 2 N–H and O–H groups in total. The molecule has 0 radical (unpaired) electrons. The van der Waals surface area contributed by atoms with E-state index >= 15 is 0 Å². The molecule has 10 nitrogen and oxygen atoms in total. The van der Waals surface area contributed by atoms with Crippen molar-refractivity contribution < 1.29 is 13.2 Å². The smallest absolute Gasteiger partial charge is 0.244 e. The van der Waals surface area contributed by atoms with Crippen molar-refractivity contribution in [1.29, 1.82) is 0 Å². The van der Waals surface area contributed by atoms with Gasteiger partial charge in [0.1, 0.15) is 16.5 Å². The summed E-state index contributed by atoms with van der Waals surface area (Å²) in [5, 5.41) is 15.9. The second kappa shape index (κ2) is 9.06. The van der Waals surface area contributed by atoms with Crippen LogP contribution in [0.1, 0.15) is 11.5 Å². The molecule has 0 unspecified atom stereocenters. The number of ether oxygens (including phenoxy) is 1. The van der Waals surface area contributed by atoms with Gasteiger partial charge in [0.15, 0.2) is 11.5 Å². The van der Waals surface area contributed by atoms with Crippen molar-refractivity contribution in [3.05, 3.63) is 72.3 Å². The molecule has 160 valence electrons. The summed E-state index contributed by atoms with van der Waals surface area (Å²) in [6.45, 7) is 0.657.